The minimum Gasteiger partial charge on any atom is -0.480 e. The summed E-state index contributed by atoms with van der Waals surface area (Å²) in [4.78, 5) is 34.7. The third kappa shape index (κ3) is 33.8. The summed E-state index contributed by atoms with van der Waals surface area (Å²) in [7, 11) is 0. The molecule has 0 aliphatic carbocycles. The first-order chi connectivity index (χ1) is 22.0. The largest absolute Gasteiger partial charge is 0.480 e. The Kier molecular flexibility index (Phi) is 31.8. The van der Waals surface area contributed by atoms with Crippen LogP contribution in [0.15, 0.2) is 60.8 Å². The minimum atomic E-state index is -1.02. The number of nitrogens with one attached hydrogen (secondary N) is 1. The Morgan fingerprint density at radius 1 is 0.622 bits per heavy atom. The fraction of sp³-hybridized carbons (Fsp3) is 0.667. The molecule has 1 atom stereocenters. The lowest BCUT2D eigenvalue weighted by Crippen LogP contribution is -2.28. The Labute approximate surface area is 275 Å². The van der Waals surface area contributed by atoms with Crippen molar-refractivity contribution in [3.63, 3.8) is 0 Å². The molecule has 6 nitrogen and oxygen atoms in total. The first-order valence-corrected chi connectivity index (χ1v) is 17.9. The maximum Gasteiger partial charge on any atom is 0.322 e. The maximum absolute atomic E-state index is 12.6. The molecule has 0 aliphatic rings. The number of carbonyl (C=O) groups is 3. The van der Waals surface area contributed by atoms with E-state index in [1.165, 1.54) is 25.7 Å². The molecule has 0 bridgehead atoms. The van der Waals surface area contributed by atoms with Gasteiger partial charge in [0.05, 0.1) is 0 Å². The number of hydrogen-bond acceptors (Lipinski definition) is 4. The van der Waals surface area contributed by atoms with Crippen molar-refractivity contribution < 1.29 is 24.2 Å². The van der Waals surface area contributed by atoms with Crippen LogP contribution in [0.3, 0.4) is 0 Å². The molecule has 0 radical (unpaired) electrons. The normalized spacial score (nSPS) is 12.8. The molecule has 0 fully saturated rings. The summed E-state index contributed by atoms with van der Waals surface area (Å²) in [6, 6.07) is 0. The van der Waals surface area contributed by atoms with Crippen LogP contribution in [0.4, 0.5) is 0 Å². The van der Waals surface area contributed by atoms with E-state index in [2.05, 4.69) is 79.9 Å². The van der Waals surface area contributed by atoms with Gasteiger partial charge in [0, 0.05) is 12.8 Å². The Hall–Kier alpha value is -2.89. The zero-order valence-electron chi connectivity index (χ0n) is 28.7. The molecular weight excluding hydrogens is 562 g/mol. The average molecular weight is 628 g/mol. The Balaban J connectivity index is 4.32. The van der Waals surface area contributed by atoms with Crippen LogP contribution in [-0.2, 0) is 19.1 Å². The number of amides is 1. The molecule has 256 valence electrons. The van der Waals surface area contributed by atoms with E-state index in [4.69, 9.17) is 9.84 Å². The smallest absolute Gasteiger partial charge is 0.322 e. The van der Waals surface area contributed by atoms with Crippen LogP contribution < -0.4 is 5.32 Å². The highest BCUT2D eigenvalue weighted by Crippen LogP contribution is 2.14. The second-order valence-corrected chi connectivity index (χ2v) is 11.7. The van der Waals surface area contributed by atoms with Crippen molar-refractivity contribution in [1.29, 1.82) is 0 Å². The molecule has 0 spiro atoms. The van der Waals surface area contributed by atoms with E-state index >= 15 is 0 Å². The van der Waals surface area contributed by atoms with Crippen molar-refractivity contribution in [1.82, 2.24) is 5.32 Å². The zero-order valence-corrected chi connectivity index (χ0v) is 28.7. The fourth-order valence-corrected chi connectivity index (χ4v) is 4.77. The van der Waals surface area contributed by atoms with Crippen LogP contribution in [0.25, 0.3) is 0 Å². The molecule has 1 amide bonds. The SMILES string of the molecule is CC/C=C\C/C=C\C/C=C\CCCCCC(=O)OC(/C=C\C/C=C\CCCCCC)CCCCCCCCC(=O)NCC(=O)O. The van der Waals surface area contributed by atoms with Gasteiger partial charge in [0.1, 0.15) is 12.6 Å². The van der Waals surface area contributed by atoms with Crippen molar-refractivity contribution in [3.8, 4) is 0 Å². The summed E-state index contributed by atoms with van der Waals surface area (Å²) < 4.78 is 5.88. The highest BCUT2D eigenvalue weighted by molar-refractivity contribution is 5.80. The molecule has 45 heavy (non-hydrogen) atoms. The Morgan fingerprint density at radius 2 is 1.16 bits per heavy atom. The number of aliphatic carboxylic acids is 1. The lowest BCUT2D eigenvalue weighted by atomic mass is 10.1. The van der Waals surface area contributed by atoms with Gasteiger partial charge in [-0.25, -0.2) is 0 Å². The lowest BCUT2D eigenvalue weighted by Gasteiger charge is -2.14. The highest BCUT2D eigenvalue weighted by atomic mass is 16.5. The number of hydrogen-bond donors (Lipinski definition) is 2. The van der Waals surface area contributed by atoms with Gasteiger partial charge in [-0.3, -0.25) is 14.4 Å². The van der Waals surface area contributed by atoms with Gasteiger partial charge in [0.2, 0.25) is 5.91 Å². The quantitative estimate of drug-likeness (QED) is 0.0453. The zero-order chi connectivity index (χ0) is 33.1. The molecule has 0 aliphatic heterocycles. The number of esters is 1. The van der Waals surface area contributed by atoms with Crippen LogP contribution in [0, 0.1) is 0 Å². The van der Waals surface area contributed by atoms with Crippen molar-refractivity contribution in [3.05, 3.63) is 60.8 Å². The molecule has 1 unspecified atom stereocenters. The summed E-state index contributed by atoms with van der Waals surface area (Å²) in [5, 5.41) is 11.0. The van der Waals surface area contributed by atoms with E-state index in [1.807, 2.05) is 0 Å². The van der Waals surface area contributed by atoms with Gasteiger partial charge in [-0.2, -0.15) is 0 Å². The van der Waals surface area contributed by atoms with Gasteiger partial charge >= 0.3 is 11.9 Å². The van der Waals surface area contributed by atoms with E-state index in [9.17, 15) is 14.4 Å². The summed E-state index contributed by atoms with van der Waals surface area (Å²) in [6.45, 7) is 4.06. The van der Waals surface area contributed by atoms with E-state index in [0.717, 1.165) is 103 Å². The number of ether oxygens (including phenoxy) is 1. The third-order valence-corrected chi connectivity index (χ3v) is 7.41. The topological polar surface area (TPSA) is 92.7 Å². The third-order valence-electron chi connectivity index (χ3n) is 7.41. The number of carboxylic acid groups (broad SMARTS) is 1. The van der Waals surface area contributed by atoms with Gasteiger partial charge < -0.3 is 15.2 Å². The highest BCUT2D eigenvalue weighted by Gasteiger charge is 2.11. The van der Waals surface area contributed by atoms with Gasteiger partial charge in [0.25, 0.3) is 0 Å². The van der Waals surface area contributed by atoms with Crippen LogP contribution in [-0.4, -0.2) is 35.6 Å². The number of carboxylic acids is 1. The molecule has 0 aromatic rings. The summed E-state index contributed by atoms with van der Waals surface area (Å²) >= 11 is 0. The second kappa shape index (κ2) is 34.0. The number of unbranched alkanes of at least 4 members (excludes halogenated alkanes) is 12. The predicted molar refractivity (Wildman–Crippen MR) is 189 cm³/mol. The van der Waals surface area contributed by atoms with Crippen molar-refractivity contribution in [2.24, 2.45) is 0 Å². The standard InChI is InChI=1S/C39H65NO5/c1-3-5-7-9-11-13-14-15-16-18-20-26-30-34-39(44)45-36(31-27-23-19-17-12-10-8-6-4-2)32-28-24-21-22-25-29-33-37(41)40-35-38(42)43/h5,7,11,13,15-17,19,27,31,36H,3-4,6,8-10,12,14,18,20-26,28-30,32-35H2,1-2H3,(H,40,41)(H,42,43)/b7-5-,13-11-,16-15-,19-17-,31-27-. The van der Waals surface area contributed by atoms with E-state index < -0.39 is 5.97 Å². The van der Waals surface area contributed by atoms with Crippen molar-refractivity contribution >= 4 is 17.8 Å². The number of allylic oxidation sites excluding steroid dienone is 9. The fourth-order valence-electron chi connectivity index (χ4n) is 4.77. The maximum atomic E-state index is 12.6. The molecule has 6 heteroatoms. The van der Waals surface area contributed by atoms with Crippen LogP contribution in [0.1, 0.15) is 155 Å². The summed E-state index contributed by atoms with van der Waals surface area (Å²) in [5.41, 5.74) is 0. The predicted octanol–water partition coefficient (Wildman–Crippen LogP) is 10.5. The van der Waals surface area contributed by atoms with E-state index in [0.29, 0.717) is 12.8 Å². The van der Waals surface area contributed by atoms with E-state index in [-0.39, 0.29) is 24.5 Å². The average Bonchev–Trinajstić information content (AvgIpc) is 3.02. The van der Waals surface area contributed by atoms with Crippen molar-refractivity contribution in [2.45, 2.75) is 161 Å². The second-order valence-electron chi connectivity index (χ2n) is 11.7. The molecule has 2 N–H and O–H groups in total. The first-order valence-electron chi connectivity index (χ1n) is 17.9. The summed E-state index contributed by atoms with van der Waals surface area (Å²) in [6.07, 6.45) is 43.5. The Morgan fingerprint density at radius 3 is 1.80 bits per heavy atom. The molecule has 0 aromatic carbocycles. The number of carbonyl (C=O) groups excluding carboxylic acids is 2. The first kappa shape index (κ1) is 42.1. The molecular formula is C39H65NO5. The van der Waals surface area contributed by atoms with Gasteiger partial charge in [-0.1, -0.05) is 120 Å². The van der Waals surface area contributed by atoms with Gasteiger partial charge in [0.15, 0.2) is 0 Å². The van der Waals surface area contributed by atoms with Gasteiger partial charge in [-0.05, 0) is 83.1 Å². The monoisotopic (exact) mass is 627 g/mol. The van der Waals surface area contributed by atoms with E-state index in [1.54, 1.807) is 0 Å². The Bertz CT molecular complexity index is 871. The molecule has 0 heterocycles. The minimum absolute atomic E-state index is 0.102. The summed E-state index contributed by atoms with van der Waals surface area (Å²) in [5.74, 6) is -1.33. The van der Waals surface area contributed by atoms with Crippen LogP contribution >= 0.6 is 0 Å². The molecule has 0 saturated heterocycles. The molecule has 0 rings (SSSR count). The molecule has 0 saturated carbocycles. The van der Waals surface area contributed by atoms with Crippen LogP contribution in [0.5, 0.6) is 0 Å². The van der Waals surface area contributed by atoms with Crippen LogP contribution in [0.2, 0.25) is 0 Å². The molecule has 0 aromatic heterocycles. The number of rotatable bonds is 31. The van der Waals surface area contributed by atoms with Gasteiger partial charge in [-0.15, -0.1) is 0 Å². The lowest BCUT2D eigenvalue weighted by molar-refractivity contribution is -0.147. The van der Waals surface area contributed by atoms with Crippen molar-refractivity contribution in [2.75, 3.05) is 6.54 Å².